The Morgan fingerprint density at radius 3 is 1.56 bits per heavy atom. The van der Waals surface area contributed by atoms with Gasteiger partial charge in [0.15, 0.2) is 7.85 Å². The van der Waals surface area contributed by atoms with Gasteiger partial charge in [0.05, 0.1) is 6.42 Å². The monoisotopic (exact) mass is 206 g/mol. The first-order chi connectivity index (χ1) is 3.71. The standard InChI is InChI=1S/C3H4BBrF4/c4-2(6,7)1-3(5,8)9/h1,4H2. The number of rotatable bonds is 2. The Hall–Kier alpha value is 0.265. The second-order valence-corrected chi connectivity index (χ2v) is 3.02. The van der Waals surface area contributed by atoms with E-state index in [1.54, 1.807) is 15.9 Å². The van der Waals surface area contributed by atoms with E-state index in [1.165, 1.54) is 0 Å². The molecular weight excluding hydrogens is 203 g/mol. The van der Waals surface area contributed by atoms with Gasteiger partial charge >= 0.3 is 4.83 Å². The molecule has 0 unspecified atom stereocenters. The van der Waals surface area contributed by atoms with Crippen molar-refractivity contribution < 1.29 is 17.6 Å². The smallest absolute Gasteiger partial charge is 0.218 e. The van der Waals surface area contributed by atoms with E-state index < -0.39 is 17.1 Å². The third kappa shape index (κ3) is 8.26. The third-order valence-electron chi connectivity index (χ3n) is 0.511. The predicted molar refractivity (Wildman–Crippen MR) is 32.0 cm³/mol. The maximum absolute atomic E-state index is 11.7. The predicted octanol–water partition coefficient (Wildman–Crippen LogP) is 1.59. The summed E-state index contributed by atoms with van der Waals surface area (Å²) in [6, 6.07) is 0. The second kappa shape index (κ2) is 2.48. The van der Waals surface area contributed by atoms with Gasteiger partial charge in [0, 0.05) is 0 Å². The van der Waals surface area contributed by atoms with Crippen LogP contribution >= 0.6 is 15.9 Å². The van der Waals surface area contributed by atoms with Crippen LogP contribution in [0.5, 0.6) is 0 Å². The molecule has 0 heterocycles. The fourth-order valence-electron chi connectivity index (χ4n) is 0.352. The van der Waals surface area contributed by atoms with Crippen LogP contribution in [0.25, 0.3) is 0 Å². The first-order valence-corrected chi connectivity index (χ1v) is 2.95. The molecule has 0 saturated carbocycles. The van der Waals surface area contributed by atoms with Gasteiger partial charge in [-0.05, 0) is 15.9 Å². The lowest BCUT2D eigenvalue weighted by Crippen LogP contribution is -2.24. The lowest BCUT2D eigenvalue weighted by atomic mass is 9.96. The Morgan fingerprint density at radius 1 is 1.22 bits per heavy atom. The summed E-state index contributed by atoms with van der Waals surface area (Å²) in [7, 11) is 0.447. The van der Waals surface area contributed by atoms with Crippen LogP contribution in [0, 0.1) is 0 Å². The molecule has 0 atom stereocenters. The average Bonchev–Trinajstić information content (AvgIpc) is 1.14. The molecule has 0 aliphatic rings. The summed E-state index contributed by atoms with van der Waals surface area (Å²) in [4.78, 5) is -3.45. The minimum Gasteiger partial charge on any atom is -0.218 e. The highest BCUT2D eigenvalue weighted by atomic mass is 79.9. The van der Waals surface area contributed by atoms with Crippen molar-refractivity contribution in [3.05, 3.63) is 0 Å². The van der Waals surface area contributed by atoms with Crippen molar-refractivity contribution in [3.8, 4) is 0 Å². The fourth-order valence-corrected chi connectivity index (χ4v) is 0.844. The van der Waals surface area contributed by atoms with Gasteiger partial charge in [0.2, 0.25) is 5.82 Å². The van der Waals surface area contributed by atoms with Crippen molar-refractivity contribution in [2.45, 2.75) is 17.1 Å². The summed E-state index contributed by atoms with van der Waals surface area (Å²) in [6.07, 6.45) is -1.46. The van der Waals surface area contributed by atoms with Crippen molar-refractivity contribution >= 4 is 23.8 Å². The minimum atomic E-state index is -3.45. The zero-order valence-corrected chi connectivity index (χ0v) is 6.18. The van der Waals surface area contributed by atoms with E-state index in [9.17, 15) is 17.6 Å². The van der Waals surface area contributed by atoms with Gasteiger partial charge in [0.1, 0.15) is 0 Å². The van der Waals surface area contributed by atoms with Crippen LogP contribution < -0.4 is 0 Å². The number of halogens is 5. The summed E-state index contributed by atoms with van der Waals surface area (Å²) >= 11 is 1.80. The van der Waals surface area contributed by atoms with Gasteiger partial charge in [-0.15, -0.1) is 0 Å². The van der Waals surface area contributed by atoms with Gasteiger partial charge in [-0.2, -0.15) is 8.78 Å². The summed E-state index contributed by atoms with van der Waals surface area (Å²) < 4.78 is 46.7. The van der Waals surface area contributed by atoms with Crippen LogP contribution in [-0.2, 0) is 0 Å². The molecule has 9 heavy (non-hydrogen) atoms. The Kier molecular flexibility index (Phi) is 2.55. The molecule has 0 fully saturated rings. The highest BCUT2D eigenvalue weighted by molar-refractivity contribution is 9.10. The number of hydrogen-bond donors (Lipinski definition) is 0. The van der Waals surface area contributed by atoms with Crippen LogP contribution in [0.2, 0.25) is 0 Å². The zero-order valence-electron chi connectivity index (χ0n) is 4.60. The van der Waals surface area contributed by atoms with Crippen LogP contribution in [0.15, 0.2) is 0 Å². The minimum absolute atomic E-state index is 0.447. The quantitative estimate of drug-likeness (QED) is 0.366. The first-order valence-electron chi connectivity index (χ1n) is 2.15. The highest BCUT2D eigenvalue weighted by Gasteiger charge is 2.36. The molecule has 0 N–H and O–H groups in total. The van der Waals surface area contributed by atoms with Gasteiger partial charge < -0.3 is 0 Å². The number of alkyl halides is 5. The van der Waals surface area contributed by atoms with E-state index in [-0.39, 0.29) is 0 Å². The van der Waals surface area contributed by atoms with Gasteiger partial charge in [-0.3, -0.25) is 0 Å². The van der Waals surface area contributed by atoms with Gasteiger partial charge in [-0.1, -0.05) is 0 Å². The van der Waals surface area contributed by atoms with Gasteiger partial charge in [0.25, 0.3) is 0 Å². The molecule has 0 amide bonds. The summed E-state index contributed by atoms with van der Waals surface area (Å²) in [5, 5.41) is 0. The van der Waals surface area contributed by atoms with Crippen molar-refractivity contribution in [1.82, 2.24) is 0 Å². The Morgan fingerprint density at radius 2 is 1.56 bits per heavy atom. The molecule has 0 radical (unpaired) electrons. The molecule has 6 heteroatoms. The van der Waals surface area contributed by atoms with E-state index in [2.05, 4.69) is 0 Å². The van der Waals surface area contributed by atoms with Crippen molar-refractivity contribution in [2.24, 2.45) is 0 Å². The molecular formula is C3H4BBrF4. The zero-order chi connectivity index (χ0) is 7.71. The summed E-state index contributed by atoms with van der Waals surface area (Å²) in [5.74, 6) is -3.31. The van der Waals surface area contributed by atoms with Crippen molar-refractivity contribution in [1.29, 1.82) is 0 Å². The third-order valence-corrected chi connectivity index (χ3v) is 0.791. The van der Waals surface area contributed by atoms with Crippen LogP contribution in [-0.4, -0.2) is 18.5 Å². The molecule has 0 aliphatic carbocycles. The summed E-state index contributed by atoms with van der Waals surface area (Å²) in [5.41, 5.74) is 0. The Balaban J connectivity index is 3.75. The van der Waals surface area contributed by atoms with Crippen molar-refractivity contribution in [3.63, 3.8) is 0 Å². The lowest BCUT2D eigenvalue weighted by molar-refractivity contribution is -0.00374. The molecule has 0 nitrogen and oxygen atoms in total. The van der Waals surface area contributed by atoms with E-state index in [4.69, 9.17) is 0 Å². The Bertz CT molecular complexity index is 81.0. The highest BCUT2D eigenvalue weighted by Crippen LogP contribution is 2.32. The second-order valence-electron chi connectivity index (χ2n) is 1.86. The lowest BCUT2D eigenvalue weighted by Gasteiger charge is -2.13. The molecule has 0 saturated heterocycles. The van der Waals surface area contributed by atoms with E-state index in [1.807, 2.05) is 0 Å². The Labute approximate surface area is 59.2 Å². The molecule has 0 aliphatic heterocycles. The first kappa shape index (κ1) is 9.26. The van der Waals surface area contributed by atoms with E-state index >= 15 is 0 Å². The normalized spacial score (nSPS) is 13.9. The van der Waals surface area contributed by atoms with E-state index in [0.717, 1.165) is 0 Å². The molecule has 54 valence electrons. The maximum atomic E-state index is 11.7. The molecule has 0 aromatic heterocycles. The number of hydrogen-bond acceptors (Lipinski definition) is 0. The average molecular weight is 207 g/mol. The molecule has 0 aromatic carbocycles. The molecule has 0 rings (SSSR count). The molecule has 0 spiro atoms. The largest absolute Gasteiger partial charge is 0.306 e. The maximum Gasteiger partial charge on any atom is 0.306 e. The molecule has 0 bridgehead atoms. The molecule has 0 aromatic rings. The summed E-state index contributed by atoms with van der Waals surface area (Å²) in [6.45, 7) is 0. The topological polar surface area (TPSA) is 0 Å². The SMILES string of the molecule is BC(F)(F)CC(F)(F)Br. The van der Waals surface area contributed by atoms with E-state index in [0.29, 0.717) is 7.85 Å². The van der Waals surface area contributed by atoms with Crippen LogP contribution in [0.3, 0.4) is 0 Å². The van der Waals surface area contributed by atoms with Crippen LogP contribution in [0.1, 0.15) is 6.42 Å². The van der Waals surface area contributed by atoms with Crippen LogP contribution in [0.4, 0.5) is 17.6 Å². The fraction of sp³-hybridized carbons (Fsp3) is 1.00. The van der Waals surface area contributed by atoms with Gasteiger partial charge in [-0.25, -0.2) is 8.78 Å². The van der Waals surface area contributed by atoms with Crippen molar-refractivity contribution in [2.75, 3.05) is 0 Å².